The van der Waals surface area contributed by atoms with Crippen LogP contribution in [0.5, 0.6) is 0 Å². The zero-order chi connectivity index (χ0) is 10.9. The lowest BCUT2D eigenvalue weighted by molar-refractivity contribution is -0.0697. The maximum absolute atomic E-state index is 5.70. The van der Waals surface area contributed by atoms with E-state index in [1.807, 2.05) is 13.0 Å². The summed E-state index contributed by atoms with van der Waals surface area (Å²) in [6.45, 7) is 8.74. The number of hydrogen-bond acceptors (Lipinski definition) is 3. The van der Waals surface area contributed by atoms with E-state index >= 15 is 0 Å². The maximum atomic E-state index is 5.70. The summed E-state index contributed by atoms with van der Waals surface area (Å²) in [7, 11) is 0. The van der Waals surface area contributed by atoms with Crippen molar-refractivity contribution in [2.75, 3.05) is 19.8 Å². The molecule has 0 radical (unpaired) electrons. The van der Waals surface area contributed by atoms with Crippen molar-refractivity contribution in [3.8, 4) is 0 Å². The Hall–Kier alpha value is -0.800. The van der Waals surface area contributed by atoms with E-state index in [0.717, 1.165) is 31.3 Å². The van der Waals surface area contributed by atoms with E-state index in [0.29, 0.717) is 6.04 Å². The molecule has 0 bridgehead atoms. The Morgan fingerprint density at radius 2 is 2.13 bits per heavy atom. The Balaban J connectivity index is 2.08. The van der Waals surface area contributed by atoms with Gasteiger partial charge in [0.05, 0.1) is 18.6 Å². The van der Waals surface area contributed by atoms with Crippen LogP contribution in [0.2, 0.25) is 0 Å². The van der Waals surface area contributed by atoms with Gasteiger partial charge in [-0.1, -0.05) is 13.8 Å². The monoisotopic (exact) mass is 209 g/mol. The second kappa shape index (κ2) is 3.99. The van der Waals surface area contributed by atoms with Crippen LogP contribution >= 0.6 is 0 Å². The predicted molar refractivity (Wildman–Crippen MR) is 59.1 cm³/mol. The normalized spacial score (nSPS) is 19.2. The van der Waals surface area contributed by atoms with E-state index in [-0.39, 0.29) is 5.41 Å². The molecule has 0 atom stereocenters. The smallest absolute Gasteiger partial charge is 0.116 e. The van der Waals surface area contributed by atoms with Gasteiger partial charge in [0.25, 0.3) is 0 Å². The summed E-state index contributed by atoms with van der Waals surface area (Å²) in [5.74, 6) is 2.03. The molecule has 2 heterocycles. The standard InChI is InChI=1S/C12H19NO2/c1-9(2)13-6-12(7-14-8-12)11-5-4-10(3)15-11/h4-5,9,13H,6-8H2,1-3H3. The van der Waals surface area contributed by atoms with E-state index in [2.05, 4.69) is 25.2 Å². The van der Waals surface area contributed by atoms with E-state index in [1.165, 1.54) is 0 Å². The van der Waals surface area contributed by atoms with E-state index in [1.54, 1.807) is 0 Å². The third kappa shape index (κ3) is 2.08. The molecule has 84 valence electrons. The molecular formula is C12H19NO2. The van der Waals surface area contributed by atoms with Gasteiger partial charge in [-0.05, 0) is 19.1 Å². The molecule has 0 aliphatic carbocycles. The fourth-order valence-corrected chi connectivity index (χ4v) is 1.80. The van der Waals surface area contributed by atoms with Crippen molar-refractivity contribution in [3.63, 3.8) is 0 Å². The highest BCUT2D eigenvalue weighted by Crippen LogP contribution is 2.33. The minimum absolute atomic E-state index is 0.0680. The van der Waals surface area contributed by atoms with Crippen molar-refractivity contribution in [3.05, 3.63) is 23.7 Å². The zero-order valence-electron chi connectivity index (χ0n) is 9.67. The molecule has 0 unspecified atom stereocenters. The lowest BCUT2D eigenvalue weighted by atomic mass is 9.83. The summed E-state index contributed by atoms with van der Waals surface area (Å²) < 4.78 is 11.0. The van der Waals surface area contributed by atoms with E-state index in [9.17, 15) is 0 Å². The van der Waals surface area contributed by atoms with Crippen LogP contribution in [-0.2, 0) is 10.2 Å². The molecule has 0 aromatic carbocycles. The number of furan rings is 1. The van der Waals surface area contributed by atoms with Crippen LogP contribution in [0.1, 0.15) is 25.4 Å². The highest BCUT2D eigenvalue weighted by atomic mass is 16.5. The quantitative estimate of drug-likeness (QED) is 0.822. The van der Waals surface area contributed by atoms with Crippen LogP contribution in [-0.4, -0.2) is 25.8 Å². The third-order valence-corrected chi connectivity index (χ3v) is 2.87. The molecule has 1 aromatic heterocycles. The molecule has 1 aliphatic heterocycles. The lowest BCUT2D eigenvalue weighted by Gasteiger charge is -2.40. The van der Waals surface area contributed by atoms with Crippen molar-refractivity contribution in [1.29, 1.82) is 0 Å². The third-order valence-electron chi connectivity index (χ3n) is 2.87. The average molecular weight is 209 g/mol. The highest BCUT2D eigenvalue weighted by Gasteiger charge is 2.42. The minimum atomic E-state index is 0.0680. The van der Waals surface area contributed by atoms with Gasteiger partial charge in [0.15, 0.2) is 0 Å². The van der Waals surface area contributed by atoms with Crippen molar-refractivity contribution < 1.29 is 9.15 Å². The summed E-state index contributed by atoms with van der Waals surface area (Å²) in [4.78, 5) is 0. The Kier molecular flexibility index (Phi) is 2.85. The van der Waals surface area contributed by atoms with Gasteiger partial charge in [-0.2, -0.15) is 0 Å². The van der Waals surface area contributed by atoms with E-state index < -0.39 is 0 Å². The summed E-state index contributed by atoms with van der Waals surface area (Å²) in [5, 5.41) is 3.46. The molecule has 2 rings (SSSR count). The van der Waals surface area contributed by atoms with Gasteiger partial charge in [0, 0.05) is 12.6 Å². The fourth-order valence-electron chi connectivity index (χ4n) is 1.80. The van der Waals surface area contributed by atoms with Crippen molar-refractivity contribution in [2.45, 2.75) is 32.2 Å². The topological polar surface area (TPSA) is 34.4 Å². The van der Waals surface area contributed by atoms with Gasteiger partial charge >= 0.3 is 0 Å². The van der Waals surface area contributed by atoms with Gasteiger partial charge in [-0.15, -0.1) is 0 Å². The number of hydrogen-bond donors (Lipinski definition) is 1. The largest absolute Gasteiger partial charge is 0.466 e. The molecule has 0 amide bonds. The molecule has 3 heteroatoms. The highest BCUT2D eigenvalue weighted by molar-refractivity contribution is 5.21. The molecule has 3 nitrogen and oxygen atoms in total. The number of ether oxygens (including phenoxy) is 1. The molecule has 1 saturated heterocycles. The molecular weight excluding hydrogens is 190 g/mol. The average Bonchev–Trinajstić information content (AvgIpc) is 2.50. The predicted octanol–water partition coefficient (Wildman–Crippen LogP) is 1.85. The molecule has 0 saturated carbocycles. The molecule has 1 fully saturated rings. The number of aryl methyl sites for hydroxylation is 1. The summed E-state index contributed by atoms with van der Waals surface area (Å²) in [6.07, 6.45) is 0. The Morgan fingerprint density at radius 3 is 2.53 bits per heavy atom. The molecule has 1 N–H and O–H groups in total. The van der Waals surface area contributed by atoms with Crippen molar-refractivity contribution in [2.24, 2.45) is 0 Å². The first kappa shape index (κ1) is 10.7. The van der Waals surface area contributed by atoms with Crippen molar-refractivity contribution in [1.82, 2.24) is 5.32 Å². The first-order valence-electron chi connectivity index (χ1n) is 5.50. The summed E-state index contributed by atoms with van der Waals surface area (Å²) >= 11 is 0. The fraction of sp³-hybridized carbons (Fsp3) is 0.667. The Bertz CT molecular complexity index is 326. The first-order valence-corrected chi connectivity index (χ1v) is 5.50. The van der Waals surface area contributed by atoms with Gasteiger partial charge < -0.3 is 14.5 Å². The second-order valence-electron chi connectivity index (χ2n) is 4.72. The summed E-state index contributed by atoms with van der Waals surface area (Å²) in [6, 6.07) is 4.59. The SMILES string of the molecule is Cc1ccc(C2(CNC(C)C)COC2)o1. The molecule has 1 aromatic rings. The Morgan fingerprint density at radius 1 is 1.40 bits per heavy atom. The maximum Gasteiger partial charge on any atom is 0.116 e. The van der Waals surface area contributed by atoms with Crippen LogP contribution in [0.4, 0.5) is 0 Å². The molecule has 1 aliphatic rings. The van der Waals surface area contributed by atoms with Crippen LogP contribution in [0.15, 0.2) is 16.5 Å². The van der Waals surface area contributed by atoms with E-state index in [4.69, 9.17) is 9.15 Å². The van der Waals surface area contributed by atoms with Crippen LogP contribution in [0.3, 0.4) is 0 Å². The first-order chi connectivity index (χ1) is 7.12. The zero-order valence-corrected chi connectivity index (χ0v) is 9.67. The summed E-state index contributed by atoms with van der Waals surface area (Å²) in [5.41, 5.74) is 0.0680. The minimum Gasteiger partial charge on any atom is -0.466 e. The van der Waals surface area contributed by atoms with Gasteiger partial charge in [0.2, 0.25) is 0 Å². The van der Waals surface area contributed by atoms with Crippen LogP contribution in [0.25, 0.3) is 0 Å². The van der Waals surface area contributed by atoms with Crippen LogP contribution < -0.4 is 5.32 Å². The number of nitrogens with one attached hydrogen (secondary N) is 1. The lowest BCUT2D eigenvalue weighted by Crippen LogP contribution is -2.54. The van der Waals surface area contributed by atoms with Crippen LogP contribution in [0, 0.1) is 6.92 Å². The molecule has 0 spiro atoms. The number of rotatable bonds is 4. The molecule has 15 heavy (non-hydrogen) atoms. The van der Waals surface area contributed by atoms with Gasteiger partial charge in [0.1, 0.15) is 11.5 Å². The second-order valence-corrected chi connectivity index (χ2v) is 4.72. The van der Waals surface area contributed by atoms with Gasteiger partial charge in [-0.3, -0.25) is 0 Å². The van der Waals surface area contributed by atoms with Gasteiger partial charge in [-0.25, -0.2) is 0 Å². The Labute approximate surface area is 90.8 Å². The van der Waals surface area contributed by atoms with Crippen molar-refractivity contribution >= 4 is 0 Å².